The summed E-state index contributed by atoms with van der Waals surface area (Å²) in [5, 5.41) is 8.47. The van der Waals surface area contributed by atoms with Crippen LogP contribution in [0.3, 0.4) is 0 Å². The van der Waals surface area contributed by atoms with Gasteiger partial charge >= 0.3 is 0 Å². The first-order valence-corrected chi connectivity index (χ1v) is 9.02. The summed E-state index contributed by atoms with van der Waals surface area (Å²) in [6, 6.07) is 5.58. The predicted molar refractivity (Wildman–Crippen MR) is 103 cm³/mol. The van der Waals surface area contributed by atoms with E-state index in [0.717, 1.165) is 48.9 Å². The summed E-state index contributed by atoms with van der Waals surface area (Å²) in [6.45, 7) is 8.64. The maximum atomic E-state index is 5.71. The van der Waals surface area contributed by atoms with E-state index in [2.05, 4.69) is 52.4 Å². The highest BCUT2D eigenvalue weighted by molar-refractivity contribution is 5.78. The molecule has 0 aromatic carbocycles. The molecular formula is C19H28N6O. The van der Waals surface area contributed by atoms with Crippen molar-refractivity contribution in [2.45, 2.75) is 64.5 Å². The van der Waals surface area contributed by atoms with Gasteiger partial charge in [0.05, 0.1) is 12.6 Å². The summed E-state index contributed by atoms with van der Waals surface area (Å²) in [5.41, 5.74) is 6.69. The Balaban J connectivity index is 0.000000185. The molecule has 2 aliphatic heterocycles. The van der Waals surface area contributed by atoms with Crippen LogP contribution in [-0.4, -0.2) is 38.3 Å². The van der Waals surface area contributed by atoms with Gasteiger partial charge in [-0.05, 0) is 52.7 Å². The number of anilines is 1. The normalized spacial score (nSPS) is 19.3. The van der Waals surface area contributed by atoms with Crippen LogP contribution in [0.25, 0.3) is 11.5 Å². The molecule has 2 N–H and O–H groups in total. The van der Waals surface area contributed by atoms with Crippen LogP contribution < -0.4 is 5.73 Å². The Kier molecular flexibility index (Phi) is 4.73. The number of aryl methyl sites for hydroxylation is 1. The summed E-state index contributed by atoms with van der Waals surface area (Å²) < 4.78 is 7.17. The molecule has 0 fully saturated rings. The van der Waals surface area contributed by atoms with Crippen molar-refractivity contribution in [1.29, 1.82) is 0 Å². The molecule has 0 saturated heterocycles. The molecule has 0 radical (unpaired) electrons. The fourth-order valence-corrected chi connectivity index (χ4v) is 3.40. The smallest absolute Gasteiger partial charge is 0.183 e. The maximum absolute atomic E-state index is 5.71. The predicted octanol–water partition coefficient (Wildman–Crippen LogP) is 3.21. The van der Waals surface area contributed by atoms with Crippen molar-refractivity contribution < 1.29 is 4.74 Å². The number of fused-ring (bicyclic) bond motifs is 1. The van der Waals surface area contributed by atoms with Gasteiger partial charge in [0, 0.05) is 18.4 Å². The van der Waals surface area contributed by atoms with E-state index in [9.17, 15) is 0 Å². The zero-order valence-corrected chi connectivity index (χ0v) is 16.3. The second-order valence-electron chi connectivity index (χ2n) is 8.06. The molecule has 4 rings (SSSR count). The molecule has 7 heteroatoms. The van der Waals surface area contributed by atoms with Crippen molar-refractivity contribution in [2.75, 3.05) is 12.8 Å². The quantitative estimate of drug-likeness (QED) is 0.847. The van der Waals surface area contributed by atoms with Crippen molar-refractivity contribution in [3.63, 3.8) is 0 Å². The van der Waals surface area contributed by atoms with E-state index in [1.165, 1.54) is 0 Å². The molecule has 7 nitrogen and oxygen atoms in total. The highest BCUT2D eigenvalue weighted by atomic mass is 16.5. The van der Waals surface area contributed by atoms with Crippen molar-refractivity contribution >= 4 is 11.7 Å². The monoisotopic (exact) mass is 356 g/mol. The Morgan fingerprint density at radius 2 is 1.85 bits per heavy atom. The van der Waals surface area contributed by atoms with Gasteiger partial charge in [-0.3, -0.25) is 0 Å². The fourth-order valence-electron chi connectivity index (χ4n) is 3.40. The summed E-state index contributed by atoms with van der Waals surface area (Å²) >= 11 is 0. The van der Waals surface area contributed by atoms with Crippen LogP contribution in [0.1, 0.15) is 52.8 Å². The van der Waals surface area contributed by atoms with Crippen LogP contribution >= 0.6 is 0 Å². The molecular weight excluding hydrogens is 328 g/mol. The van der Waals surface area contributed by atoms with Gasteiger partial charge in [-0.2, -0.15) is 0 Å². The average Bonchev–Trinajstić information content (AvgIpc) is 3.24. The minimum atomic E-state index is 0.0560. The molecule has 4 heterocycles. The number of hydrogen-bond acceptors (Lipinski definition) is 6. The number of nitrogens with zero attached hydrogens (tertiary/aromatic N) is 5. The topological polar surface area (TPSA) is 91.2 Å². The number of pyridine rings is 1. The first-order valence-electron chi connectivity index (χ1n) is 9.02. The first-order chi connectivity index (χ1) is 12.2. The molecule has 0 unspecified atom stereocenters. The van der Waals surface area contributed by atoms with Crippen molar-refractivity contribution in [3.05, 3.63) is 24.0 Å². The lowest BCUT2D eigenvalue weighted by atomic mass is 10.0. The third-order valence-electron chi connectivity index (χ3n) is 4.91. The molecule has 0 aliphatic carbocycles. The van der Waals surface area contributed by atoms with Crippen LogP contribution in [0, 0.1) is 0 Å². The van der Waals surface area contributed by atoms with Gasteiger partial charge < -0.3 is 15.0 Å². The lowest BCUT2D eigenvalue weighted by Gasteiger charge is -2.22. The third kappa shape index (κ3) is 3.71. The standard InChI is InChI=1S/C12H15N5.C7H13NO/c1-12(2)7-6-10-15-16-11(17(10)12)8-4-3-5-9(13)14-8;1-7(2)5-4-6(8-7)9-3/h3-5H,6-7H2,1-2H3,(H2,13,14);4-5H2,1-3H3. The molecule has 0 saturated carbocycles. The SMILES string of the molecule is CC1(C)CCc2nnc(-c3cccc(N)n3)n21.COC1=NC(C)(C)CC1. The van der Waals surface area contributed by atoms with Crippen LogP contribution in [-0.2, 0) is 16.7 Å². The Bertz CT molecular complexity index is 821. The van der Waals surface area contributed by atoms with Crippen LogP contribution in [0.2, 0.25) is 0 Å². The van der Waals surface area contributed by atoms with Crippen LogP contribution in [0.15, 0.2) is 23.2 Å². The van der Waals surface area contributed by atoms with Crippen molar-refractivity contribution in [3.8, 4) is 11.5 Å². The Morgan fingerprint density at radius 1 is 1.08 bits per heavy atom. The van der Waals surface area contributed by atoms with Gasteiger partial charge in [0.2, 0.25) is 0 Å². The van der Waals surface area contributed by atoms with Crippen LogP contribution in [0.5, 0.6) is 0 Å². The lowest BCUT2D eigenvalue weighted by Crippen LogP contribution is -2.22. The highest BCUT2D eigenvalue weighted by Crippen LogP contribution is 2.34. The van der Waals surface area contributed by atoms with Crippen molar-refractivity contribution in [2.24, 2.45) is 4.99 Å². The first kappa shape index (κ1) is 18.4. The largest absolute Gasteiger partial charge is 0.484 e. The second-order valence-corrected chi connectivity index (χ2v) is 8.06. The van der Waals surface area contributed by atoms with Crippen molar-refractivity contribution in [1.82, 2.24) is 19.7 Å². The van der Waals surface area contributed by atoms with E-state index in [4.69, 9.17) is 10.5 Å². The lowest BCUT2D eigenvalue weighted by molar-refractivity contribution is 0.378. The van der Waals surface area contributed by atoms with E-state index in [-0.39, 0.29) is 11.1 Å². The van der Waals surface area contributed by atoms with E-state index >= 15 is 0 Å². The van der Waals surface area contributed by atoms with E-state index < -0.39 is 0 Å². The number of nitrogens with two attached hydrogens (primary N) is 1. The Morgan fingerprint density at radius 3 is 2.42 bits per heavy atom. The number of rotatable bonds is 1. The number of aromatic nitrogens is 4. The van der Waals surface area contributed by atoms with Gasteiger partial charge in [-0.15, -0.1) is 10.2 Å². The molecule has 0 bridgehead atoms. The minimum absolute atomic E-state index is 0.0560. The van der Waals surface area contributed by atoms with E-state index in [0.29, 0.717) is 5.82 Å². The molecule has 0 spiro atoms. The Hall–Kier alpha value is -2.44. The van der Waals surface area contributed by atoms with Gasteiger partial charge in [-0.1, -0.05) is 6.07 Å². The fraction of sp³-hybridized carbons (Fsp3) is 0.579. The van der Waals surface area contributed by atoms with E-state index in [1.807, 2.05) is 12.1 Å². The van der Waals surface area contributed by atoms with Gasteiger partial charge in [0.15, 0.2) is 11.7 Å². The highest BCUT2D eigenvalue weighted by Gasteiger charge is 2.34. The molecule has 2 aromatic rings. The van der Waals surface area contributed by atoms with E-state index in [1.54, 1.807) is 13.2 Å². The number of aliphatic imine (C=N–C) groups is 1. The summed E-state index contributed by atoms with van der Waals surface area (Å²) in [7, 11) is 1.68. The summed E-state index contributed by atoms with van der Waals surface area (Å²) in [4.78, 5) is 8.65. The number of ether oxygens (including phenoxy) is 1. The zero-order valence-electron chi connectivity index (χ0n) is 16.3. The molecule has 140 valence electrons. The van der Waals surface area contributed by atoms with Gasteiger partial charge in [0.25, 0.3) is 0 Å². The molecule has 0 atom stereocenters. The number of nitrogen functional groups attached to an aromatic ring is 1. The van der Waals surface area contributed by atoms with Gasteiger partial charge in [0.1, 0.15) is 17.3 Å². The minimum Gasteiger partial charge on any atom is -0.484 e. The number of methoxy groups -OCH3 is 1. The Labute approximate surface area is 154 Å². The van der Waals surface area contributed by atoms with Crippen LogP contribution in [0.4, 0.5) is 5.82 Å². The summed E-state index contributed by atoms with van der Waals surface area (Å²) in [6.07, 6.45) is 4.19. The summed E-state index contributed by atoms with van der Waals surface area (Å²) in [5.74, 6) is 3.26. The molecule has 0 amide bonds. The maximum Gasteiger partial charge on any atom is 0.183 e. The second kappa shape index (κ2) is 6.70. The third-order valence-corrected chi connectivity index (χ3v) is 4.91. The molecule has 26 heavy (non-hydrogen) atoms. The molecule has 2 aliphatic rings. The zero-order chi connectivity index (χ0) is 18.9. The molecule has 2 aromatic heterocycles. The van der Waals surface area contributed by atoms with Gasteiger partial charge in [-0.25, -0.2) is 9.98 Å². The average molecular weight is 356 g/mol. The number of hydrogen-bond donors (Lipinski definition) is 1.